The quantitative estimate of drug-likeness (QED) is 0.718. The van der Waals surface area contributed by atoms with E-state index in [0.717, 1.165) is 15.9 Å². The molecule has 0 unspecified atom stereocenters. The second kappa shape index (κ2) is 5.69. The van der Waals surface area contributed by atoms with Gasteiger partial charge in [0.25, 0.3) is 5.56 Å². The van der Waals surface area contributed by atoms with Gasteiger partial charge in [-0.2, -0.15) is 0 Å². The van der Waals surface area contributed by atoms with Crippen LogP contribution in [0.1, 0.15) is 5.82 Å². The summed E-state index contributed by atoms with van der Waals surface area (Å²) in [6.45, 7) is -0.515. The fraction of sp³-hybridized carbons (Fsp3) is 0.0769. The summed E-state index contributed by atoms with van der Waals surface area (Å²) in [5, 5.41) is 15.0. The van der Waals surface area contributed by atoms with E-state index < -0.39 is 22.2 Å². The summed E-state index contributed by atoms with van der Waals surface area (Å²) < 4.78 is 23.9. The zero-order valence-electron chi connectivity index (χ0n) is 11.4. The molecule has 0 fully saturated rings. The lowest BCUT2D eigenvalue weighted by Gasteiger charge is -2.11. The Morgan fingerprint density at radius 3 is 2.65 bits per heavy atom. The number of hydrogen-bond acceptors (Lipinski definition) is 6. The number of benzene rings is 1. The number of aliphatic hydroxyl groups is 1. The molecule has 3 aromatic rings. The van der Waals surface area contributed by atoms with Crippen molar-refractivity contribution in [2.75, 3.05) is 0 Å². The number of halogens is 1. The summed E-state index contributed by atoms with van der Waals surface area (Å²) >= 11 is 6.88. The van der Waals surface area contributed by atoms with Crippen LogP contribution in [0.25, 0.3) is 15.9 Å². The molecule has 0 saturated heterocycles. The summed E-state index contributed by atoms with van der Waals surface area (Å²) in [5.74, 6) is 0.0541. The average molecular weight is 372 g/mol. The fourth-order valence-electron chi connectivity index (χ4n) is 2.13. The minimum absolute atomic E-state index is 0.0541. The molecule has 0 radical (unpaired) electrons. The van der Waals surface area contributed by atoms with Crippen molar-refractivity contribution < 1.29 is 13.5 Å². The van der Waals surface area contributed by atoms with Gasteiger partial charge in [0.2, 0.25) is 10.0 Å². The maximum absolute atomic E-state index is 12.7. The largest absolute Gasteiger partial charge is 0.388 e. The molecule has 0 aliphatic carbocycles. The van der Waals surface area contributed by atoms with Gasteiger partial charge in [-0.1, -0.05) is 23.7 Å². The molecular weight excluding hydrogens is 362 g/mol. The third-order valence-electron chi connectivity index (χ3n) is 3.13. The van der Waals surface area contributed by atoms with E-state index in [4.69, 9.17) is 16.7 Å². The molecule has 3 rings (SSSR count). The lowest BCUT2D eigenvalue weighted by molar-refractivity contribution is 0.268. The van der Waals surface area contributed by atoms with E-state index in [1.807, 2.05) is 0 Å². The van der Waals surface area contributed by atoms with Gasteiger partial charge in [-0.25, -0.2) is 18.5 Å². The van der Waals surface area contributed by atoms with Gasteiger partial charge in [0.15, 0.2) is 0 Å². The molecule has 0 atom stereocenters. The second-order valence-electron chi connectivity index (χ2n) is 4.61. The standard InChI is InChI=1S/C13H10ClN3O4S2/c14-8-3-1-2-4-9(8)17-10(6-18)16-12-7(13(17)19)5-11(22-12)23(15,20)21/h1-5,18H,6H2,(H2,15,20,21). The van der Waals surface area contributed by atoms with Crippen LogP contribution >= 0.6 is 22.9 Å². The Hall–Kier alpha value is -1.78. The Morgan fingerprint density at radius 2 is 2.04 bits per heavy atom. The minimum Gasteiger partial charge on any atom is -0.388 e. The molecule has 0 aliphatic rings. The van der Waals surface area contributed by atoms with E-state index in [2.05, 4.69) is 4.98 Å². The molecular formula is C13H10ClN3O4S2. The third-order valence-corrected chi connectivity index (χ3v) is 5.90. The summed E-state index contributed by atoms with van der Waals surface area (Å²) in [6.07, 6.45) is 0. The summed E-state index contributed by atoms with van der Waals surface area (Å²) in [7, 11) is -3.94. The van der Waals surface area contributed by atoms with E-state index in [0.29, 0.717) is 10.7 Å². The highest BCUT2D eigenvalue weighted by Gasteiger charge is 2.19. The number of nitrogens with two attached hydrogens (primary N) is 1. The zero-order valence-corrected chi connectivity index (χ0v) is 13.8. The predicted molar refractivity (Wildman–Crippen MR) is 87.5 cm³/mol. The Morgan fingerprint density at radius 1 is 1.35 bits per heavy atom. The van der Waals surface area contributed by atoms with Crippen molar-refractivity contribution in [3.63, 3.8) is 0 Å². The summed E-state index contributed by atoms with van der Waals surface area (Å²) in [6, 6.07) is 7.76. The number of hydrogen-bond donors (Lipinski definition) is 2. The molecule has 7 nitrogen and oxygen atoms in total. The van der Waals surface area contributed by atoms with Crippen LogP contribution in [-0.4, -0.2) is 23.1 Å². The molecule has 0 aliphatic heterocycles. The maximum atomic E-state index is 12.7. The number of fused-ring (bicyclic) bond motifs is 1. The number of aliphatic hydroxyl groups excluding tert-OH is 1. The molecule has 0 amide bonds. The number of aromatic nitrogens is 2. The predicted octanol–water partition coefficient (Wildman–Crippen LogP) is 1.24. The Balaban J connectivity index is 2.41. The van der Waals surface area contributed by atoms with Gasteiger partial charge in [-0.15, -0.1) is 11.3 Å². The lowest BCUT2D eigenvalue weighted by Crippen LogP contribution is -2.23. The lowest BCUT2D eigenvalue weighted by atomic mass is 10.3. The Kier molecular flexibility index (Phi) is 3.98. The first-order valence-electron chi connectivity index (χ1n) is 6.27. The summed E-state index contributed by atoms with van der Waals surface area (Å²) in [4.78, 5) is 17.1. The van der Waals surface area contributed by atoms with Crippen LogP contribution in [-0.2, 0) is 16.6 Å². The van der Waals surface area contributed by atoms with Crippen LogP contribution in [0.3, 0.4) is 0 Å². The first-order chi connectivity index (χ1) is 10.8. The molecule has 3 N–H and O–H groups in total. The van der Waals surface area contributed by atoms with Crippen molar-refractivity contribution in [3.8, 4) is 5.69 Å². The van der Waals surface area contributed by atoms with Gasteiger partial charge in [0, 0.05) is 0 Å². The highest BCUT2D eigenvalue weighted by molar-refractivity contribution is 7.91. The van der Waals surface area contributed by atoms with E-state index >= 15 is 0 Å². The van der Waals surface area contributed by atoms with Crippen LogP contribution in [0, 0.1) is 0 Å². The number of thiophene rings is 1. The first-order valence-corrected chi connectivity index (χ1v) is 9.01. The first kappa shape index (κ1) is 16.1. The molecule has 2 heterocycles. The molecule has 23 heavy (non-hydrogen) atoms. The molecule has 1 aromatic carbocycles. The highest BCUT2D eigenvalue weighted by atomic mass is 35.5. The van der Waals surface area contributed by atoms with Crippen molar-refractivity contribution in [1.29, 1.82) is 0 Å². The van der Waals surface area contributed by atoms with Gasteiger partial charge in [0.1, 0.15) is 21.5 Å². The normalized spacial score (nSPS) is 12.0. The zero-order chi connectivity index (χ0) is 16.8. The summed E-state index contributed by atoms with van der Waals surface area (Å²) in [5.41, 5.74) is -0.181. The van der Waals surface area contributed by atoms with Crippen molar-refractivity contribution in [1.82, 2.24) is 9.55 Å². The van der Waals surface area contributed by atoms with Crippen molar-refractivity contribution in [2.24, 2.45) is 5.14 Å². The van der Waals surface area contributed by atoms with Crippen LogP contribution in [0.5, 0.6) is 0 Å². The van der Waals surface area contributed by atoms with Gasteiger partial charge in [-0.05, 0) is 18.2 Å². The van der Waals surface area contributed by atoms with E-state index in [-0.39, 0.29) is 20.3 Å². The van der Waals surface area contributed by atoms with E-state index in [1.54, 1.807) is 24.3 Å². The second-order valence-corrected chi connectivity index (χ2v) is 7.83. The molecule has 2 aromatic heterocycles. The van der Waals surface area contributed by atoms with Crippen LogP contribution in [0.4, 0.5) is 0 Å². The van der Waals surface area contributed by atoms with Crippen molar-refractivity contribution in [2.45, 2.75) is 10.8 Å². The number of sulfonamides is 1. The molecule has 120 valence electrons. The topological polar surface area (TPSA) is 115 Å². The van der Waals surface area contributed by atoms with E-state index in [9.17, 15) is 18.3 Å². The number of nitrogens with zero attached hydrogens (tertiary/aromatic N) is 2. The number of primary sulfonamides is 1. The van der Waals surface area contributed by atoms with Gasteiger partial charge in [-0.3, -0.25) is 9.36 Å². The Bertz CT molecular complexity index is 1070. The van der Waals surface area contributed by atoms with Gasteiger partial charge in [0.05, 0.1) is 16.1 Å². The molecule has 0 spiro atoms. The average Bonchev–Trinajstić information content (AvgIpc) is 2.93. The monoisotopic (exact) mass is 371 g/mol. The third kappa shape index (κ3) is 2.77. The highest BCUT2D eigenvalue weighted by Crippen LogP contribution is 2.27. The smallest absolute Gasteiger partial charge is 0.267 e. The maximum Gasteiger partial charge on any atom is 0.267 e. The van der Waals surface area contributed by atoms with Crippen molar-refractivity contribution in [3.05, 3.63) is 51.5 Å². The molecule has 0 saturated carbocycles. The number of rotatable bonds is 3. The van der Waals surface area contributed by atoms with Gasteiger partial charge >= 0.3 is 0 Å². The SMILES string of the molecule is NS(=O)(=O)c1cc2c(=O)n(-c3ccccc3Cl)c(CO)nc2s1. The van der Waals surface area contributed by atoms with Crippen LogP contribution in [0.2, 0.25) is 5.02 Å². The fourth-order valence-corrected chi connectivity index (χ4v) is 4.11. The Labute approximate surface area is 139 Å². The van der Waals surface area contributed by atoms with E-state index in [1.165, 1.54) is 6.07 Å². The van der Waals surface area contributed by atoms with Crippen LogP contribution < -0.4 is 10.7 Å². The van der Waals surface area contributed by atoms with Crippen LogP contribution in [0.15, 0.2) is 39.3 Å². The molecule has 0 bridgehead atoms. The molecule has 10 heteroatoms. The minimum atomic E-state index is -3.94. The number of para-hydroxylation sites is 1. The van der Waals surface area contributed by atoms with Crippen molar-refractivity contribution >= 4 is 43.2 Å². The van der Waals surface area contributed by atoms with Gasteiger partial charge < -0.3 is 5.11 Å².